The van der Waals surface area contributed by atoms with Gasteiger partial charge in [0.15, 0.2) is 0 Å². The maximum atomic E-state index is 4.49. The molecule has 0 atom stereocenters. The van der Waals surface area contributed by atoms with Crippen molar-refractivity contribution in [3.8, 4) is 0 Å². The van der Waals surface area contributed by atoms with Gasteiger partial charge in [-0.1, -0.05) is 42.1 Å². The second kappa shape index (κ2) is 4.95. The van der Waals surface area contributed by atoms with Crippen LogP contribution in [0.1, 0.15) is 18.4 Å². The van der Waals surface area contributed by atoms with Crippen LogP contribution in [0, 0.1) is 6.92 Å². The van der Waals surface area contributed by atoms with Gasteiger partial charge in [0.25, 0.3) is 0 Å². The Labute approximate surface area is 101 Å². The van der Waals surface area contributed by atoms with Gasteiger partial charge in [0.05, 0.1) is 0 Å². The van der Waals surface area contributed by atoms with Crippen LogP contribution in [-0.2, 0) is 0 Å². The molecule has 78 valence electrons. The molecule has 0 aliphatic heterocycles. The molecule has 0 amide bonds. The zero-order valence-corrected chi connectivity index (χ0v) is 10.4. The Kier molecular flexibility index (Phi) is 3.60. The van der Waals surface area contributed by atoms with Crippen LogP contribution < -0.4 is 0 Å². The van der Waals surface area contributed by atoms with E-state index < -0.39 is 0 Å². The Hall–Kier alpha value is -0.600. The number of hydrogen-bond acceptors (Lipinski definition) is 2. The number of hydrogen-bond donors (Lipinski definition) is 1. The van der Waals surface area contributed by atoms with Crippen molar-refractivity contribution in [2.75, 3.05) is 0 Å². The van der Waals surface area contributed by atoms with Crippen LogP contribution in [0.2, 0.25) is 0 Å². The second-order valence-electron chi connectivity index (χ2n) is 3.62. The van der Waals surface area contributed by atoms with E-state index in [1.54, 1.807) is 0 Å². The van der Waals surface area contributed by atoms with Crippen molar-refractivity contribution in [2.24, 2.45) is 0 Å². The highest BCUT2D eigenvalue weighted by molar-refractivity contribution is 8.03. The number of thiol groups is 1. The van der Waals surface area contributed by atoms with E-state index in [1.807, 2.05) is 11.8 Å². The van der Waals surface area contributed by atoms with E-state index >= 15 is 0 Å². The predicted molar refractivity (Wildman–Crippen MR) is 71.4 cm³/mol. The van der Waals surface area contributed by atoms with Crippen LogP contribution in [0.4, 0.5) is 0 Å². The smallest absolute Gasteiger partial charge is 0.0148 e. The highest BCUT2D eigenvalue weighted by Gasteiger charge is 2.08. The average molecular weight is 234 g/mol. The molecule has 0 bridgehead atoms. The van der Waals surface area contributed by atoms with Crippen molar-refractivity contribution in [3.05, 3.63) is 51.8 Å². The number of thioether (sulfide) groups is 1. The molecule has 0 fully saturated rings. The van der Waals surface area contributed by atoms with E-state index in [0.29, 0.717) is 0 Å². The molecule has 1 aliphatic rings. The molecule has 2 heteroatoms. The first-order valence-corrected chi connectivity index (χ1v) is 6.36. The van der Waals surface area contributed by atoms with Crippen molar-refractivity contribution < 1.29 is 0 Å². The summed E-state index contributed by atoms with van der Waals surface area (Å²) in [5.41, 5.74) is 1.34. The Morgan fingerprint density at radius 3 is 2.80 bits per heavy atom. The Balaban J connectivity index is 2.22. The lowest BCUT2D eigenvalue weighted by molar-refractivity contribution is 1.02. The summed E-state index contributed by atoms with van der Waals surface area (Å²) in [5.74, 6) is 0. The number of allylic oxidation sites excluding steroid dienone is 3. The molecule has 1 aliphatic carbocycles. The lowest BCUT2D eigenvalue weighted by Crippen LogP contribution is -1.88. The van der Waals surface area contributed by atoms with Gasteiger partial charge >= 0.3 is 0 Å². The summed E-state index contributed by atoms with van der Waals surface area (Å²) in [6.45, 7) is 2.15. The topological polar surface area (TPSA) is 0 Å². The Morgan fingerprint density at radius 1 is 1.27 bits per heavy atom. The molecule has 0 radical (unpaired) electrons. The van der Waals surface area contributed by atoms with Crippen molar-refractivity contribution in [2.45, 2.75) is 24.7 Å². The first-order chi connectivity index (χ1) is 7.27. The van der Waals surface area contributed by atoms with E-state index in [1.165, 1.54) is 15.4 Å². The minimum atomic E-state index is 1.12. The van der Waals surface area contributed by atoms with E-state index in [2.05, 4.69) is 56.0 Å². The first kappa shape index (κ1) is 10.9. The molecule has 0 saturated carbocycles. The third kappa shape index (κ3) is 2.70. The van der Waals surface area contributed by atoms with Crippen LogP contribution in [0.3, 0.4) is 0 Å². The molecular formula is C13H14S2. The fourth-order valence-electron chi connectivity index (χ4n) is 1.54. The standard InChI is InChI=1S/C13H14S2/c1-10-6-2-4-8-12(10)15-13-9-5-3-7-11(13)14/h2-4,6-8,14H,5,9H2,1H3. The highest BCUT2D eigenvalue weighted by Crippen LogP contribution is 2.37. The quantitative estimate of drug-likeness (QED) is 0.731. The fourth-order valence-corrected chi connectivity index (χ4v) is 2.93. The third-order valence-electron chi connectivity index (χ3n) is 2.43. The highest BCUT2D eigenvalue weighted by atomic mass is 32.2. The minimum Gasteiger partial charge on any atom is -0.143 e. The van der Waals surface area contributed by atoms with Crippen molar-refractivity contribution in [1.29, 1.82) is 0 Å². The summed E-state index contributed by atoms with van der Waals surface area (Å²) in [6, 6.07) is 8.50. The summed E-state index contributed by atoms with van der Waals surface area (Å²) in [5, 5.41) is 0. The zero-order chi connectivity index (χ0) is 10.7. The Bertz CT molecular complexity index is 416. The molecule has 0 N–H and O–H groups in total. The van der Waals surface area contributed by atoms with Crippen molar-refractivity contribution in [3.63, 3.8) is 0 Å². The van der Waals surface area contributed by atoms with Crippen molar-refractivity contribution in [1.82, 2.24) is 0 Å². The molecule has 0 spiro atoms. The average Bonchev–Trinajstić information content (AvgIpc) is 2.24. The number of benzene rings is 1. The third-order valence-corrected chi connectivity index (χ3v) is 4.34. The van der Waals surface area contributed by atoms with Crippen LogP contribution in [0.15, 0.2) is 51.1 Å². The van der Waals surface area contributed by atoms with E-state index in [4.69, 9.17) is 0 Å². The van der Waals surface area contributed by atoms with Crippen LogP contribution in [0.5, 0.6) is 0 Å². The summed E-state index contributed by atoms with van der Waals surface area (Å²) in [4.78, 5) is 3.85. The number of aryl methyl sites for hydroxylation is 1. The molecule has 0 aromatic heterocycles. The van der Waals surface area contributed by atoms with Crippen LogP contribution in [-0.4, -0.2) is 0 Å². The number of rotatable bonds is 2. The van der Waals surface area contributed by atoms with E-state index in [0.717, 1.165) is 17.7 Å². The van der Waals surface area contributed by atoms with Gasteiger partial charge in [0.2, 0.25) is 0 Å². The van der Waals surface area contributed by atoms with Gasteiger partial charge in [-0.3, -0.25) is 0 Å². The lowest BCUT2D eigenvalue weighted by Gasteiger charge is -2.13. The molecule has 15 heavy (non-hydrogen) atoms. The predicted octanol–water partition coefficient (Wildman–Crippen LogP) is 4.58. The van der Waals surface area contributed by atoms with Gasteiger partial charge in [-0.2, -0.15) is 0 Å². The monoisotopic (exact) mass is 234 g/mol. The van der Waals surface area contributed by atoms with Crippen LogP contribution >= 0.6 is 24.4 Å². The zero-order valence-electron chi connectivity index (χ0n) is 8.73. The molecule has 2 rings (SSSR count). The Morgan fingerprint density at radius 2 is 2.07 bits per heavy atom. The van der Waals surface area contributed by atoms with Gasteiger partial charge in [-0.05, 0) is 31.4 Å². The SMILES string of the molecule is Cc1ccccc1SC1=C(S)C=CCC1. The molecule has 1 aromatic carbocycles. The molecule has 0 saturated heterocycles. The van der Waals surface area contributed by atoms with E-state index in [9.17, 15) is 0 Å². The molecule has 0 unspecified atom stereocenters. The largest absolute Gasteiger partial charge is 0.143 e. The van der Waals surface area contributed by atoms with Gasteiger partial charge in [-0.25, -0.2) is 0 Å². The maximum absolute atomic E-state index is 4.49. The van der Waals surface area contributed by atoms with E-state index in [-0.39, 0.29) is 0 Å². The summed E-state index contributed by atoms with van der Waals surface area (Å²) in [7, 11) is 0. The maximum Gasteiger partial charge on any atom is 0.0148 e. The molecule has 0 nitrogen and oxygen atoms in total. The molecular weight excluding hydrogens is 220 g/mol. The minimum absolute atomic E-state index is 1.12. The van der Waals surface area contributed by atoms with Crippen LogP contribution in [0.25, 0.3) is 0 Å². The second-order valence-corrected chi connectivity index (χ2v) is 5.24. The van der Waals surface area contributed by atoms with Gasteiger partial charge < -0.3 is 0 Å². The van der Waals surface area contributed by atoms with Gasteiger partial charge in [-0.15, -0.1) is 12.6 Å². The lowest BCUT2D eigenvalue weighted by atomic mass is 10.2. The summed E-state index contributed by atoms with van der Waals surface area (Å²) in [6.07, 6.45) is 6.55. The van der Waals surface area contributed by atoms with Crippen molar-refractivity contribution >= 4 is 24.4 Å². The fraction of sp³-hybridized carbons (Fsp3) is 0.231. The summed E-state index contributed by atoms with van der Waals surface area (Å²) < 4.78 is 0. The first-order valence-electron chi connectivity index (χ1n) is 5.09. The van der Waals surface area contributed by atoms with Gasteiger partial charge in [0.1, 0.15) is 0 Å². The molecule has 0 heterocycles. The van der Waals surface area contributed by atoms with Gasteiger partial charge in [0, 0.05) is 14.7 Å². The normalized spacial score (nSPS) is 15.9. The molecule has 1 aromatic rings. The summed E-state index contributed by atoms with van der Waals surface area (Å²) >= 11 is 6.34.